The lowest BCUT2D eigenvalue weighted by atomic mass is 9.68. The summed E-state index contributed by atoms with van der Waals surface area (Å²) < 4.78 is 0. The summed E-state index contributed by atoms with van der Waals surface area (Å²) in [5.41, 5.74) is 1.65. The van der Waals surface area contributed by atoms with E-state index in [-0.39, 0.29) is 5.54 Å². The van der Waals surface area contributed by atoms with Gasteiger partial charge < -0.3 is 10.2 Å². The second-order valence-electron chi connectivity index (χ2n) is 7.26. The van der Waals surface area contributed by atoms with Gasteiger partial charge in [0.1, 0.15) is 0 Å². The van der Waals surface area contributed by atoms with Gasteiger partial charge in [-0.15, -0.1) is 0 Å². The molecule has 0 heterocycles. The Balaban J connectivity index is 2.12. The van der Waals surface area contributed by atoms with Crippen LogP contribution in [0.1, 0.15) is 52.5 Å². The molecule has 2 atom stereocenters. The minimum absolute atomic E-state index is 0.172. The Morgan fingerprint density at radius 2 is 1.64 bits per heavy atom. The molecule has 1 aromatic rings. The van der Waals surface area contributed by atoms with Gasteiger partial charge in [-0.05, 0) is 49.8 Å². The zero-order valence-electron chi connectivity index (χ0n) is 14.9. The van der Waals surface area contributed by atoms with Crippen LogP contribution in [-0.4, -0.2) is 31.1 Å². The number of rotatable bonds is 7. The minimum atomic E-state index is 0.172. The standard InChI is InChI=1S/C20H34N2/c1-5-22(6-2)13-12-21-20(19-10-8-7-9-11-19)15-17(3)14-18(4)16-20/h7-11,17-18,21H,5-6,12-16H2,1-4H3. The van der Waals surface area contributed by atoms with Gasteiger partial charge in [0.2, 0.25) is 0 Å². The van der Waals surface area contributed by atoms with Gasteiger partial charge in [0.15, 0.2) is 0 Å². The van der Waals surface area contributed by atoms with Crippen LogP contribution in [0.2, 0.25) is 0 Å². The smallest absolute Gasteiger partial charge is 0.0440 e. The Morgan fingerprint density at radius 3 is 2.18 bits per heavy atom. The van der Waals surface area contributed by atoms with E-state index in [1.54, 1.807) is 0 Å². The van der Waals surface area contributed by atoms with Gasteiger partial charge in [0.25, 0.3) is 0 Å². The maximum Gasteiger partial charge on any atom is 0.0440 e. The predicted molar refractivity (Wildman–Crippen MR) is 96.1 cm³/mol. The molecule has 2 rings (SSSR count). The van der Waals surface area contributed by atoms with Crippen molar-refractivity contribution in [3.05, 3.63) is 35.9 Å². The van der Waals surface area contributed by atoms with Crippen LogP contribution in [0, 0.1) is 11.8 Å². The molecule has 1 fully saturated rings. The molecule has 0 saturated heterocycles. The number of nitrogens with zero attached hydrogens (tertiary/aromatic N) is 1. The molecule has 1 aliphatic carbocycles. The van der Waals surface area contributed by atoms with Crippen molar-refractivity contribution in [2.45, 2.75) is 52.5 Å². The molecule has 0 aromatic heterocycles. The highest BCUT2D eigenvalue weighted by atomic mass is 15.1. The van der Waals surface area contributed by atoms with Crippen molar-refractivity contribution >= 4 is 0 Å². The molecule has 0 aliphatic heterocycles. The molecule has 2 heteroatoms. The molecule has 0 radical (unpaired) electrons. The van der Waals surface area contributed by atoms with E-state index < -0.39 is 0 Å². The molecule has 124 valence electrons. The fraction of sp³-hybridized carbons (Fsp3) is 0.700. The molecule has 1 saturated carbocycles. The lowest BCUT2D eigenvalue weighted by Gasteiger charge is -2.44. The van der Waals surface area contributed by atoms with Gasteiger partial charge >= 0.3 is 0 Å². The van der Waals surface area contributed by atoms with Gasteiger partial charge in [0, 0.05) is 18.6 Å². The topological polar surface area (TPSA) is 15.3 Å². The first-order chi connectivity index (χ1) is 10.6. The summed E-state index contributed by atoms with van der Waals surface area (Å²) in [6.45, 7) is 13.8. The highest BCUT2D eigenvalue weighted by Crippen LogP contribution is 2.42. The third-order valence-electron chi connectivity index (χ3n) is 5.31. The highest BCUT2D eigenvalue weighted by molar-refractivity contribution is 5.25. The van der Waals surface area contributed by atoms with Crippen molar-refractivity contribution in [3.63, 3.8) is 0 Å². The molecular formula is C20H34N2. The summed E-state index contributed by atoms with van der Waals surface area (Å²) in [4.78, 5) is 2.50. The van der Waals surface area contributed by atoms with Crippen molar-refractivity contribution in [2.75, 3.05) is 26.2 Å². The summed E-state index contributed by atoms with van der Waals surface area (Å²) in [6.07, 6.45) is 3.89. The van der Waals surface area contributed by atoms with E-state index in [1.807, 2.05) is 0 Å². The third kappa shape index (κ3) is 4.33. The van der Waals surface area contributed by atoms with Gasteiger partial charge in [-0.2, -0.15) is 0 Å². The summed E-state index contributed by atoms with van der Waals surface area (Å²) in [6, 6.07) is 11.1. The van der Waals surface area contributed by atoms with Crippen LogP contribution in [-0.2, 0) is 5.54 Å². The molecule has 2 unspecified atom stereocenters. The average molecular weight is 303 g/mol. The number of benzene rings is 1. The van der Waals surface area contributed by atoms with Gasteiger partial charge in [0.05, 0.1) is 0 Å². The summed E-state index contributed by atoms with van der Waals surface area (Å²) in [7, 11) is 0. The Bertz CT molecular complexity index is 415. The maximum atomic E-state index is 3.97. The van der Waals surface area contributed by atoms with E-state index in [2.05, 4.69) is 68.2 Å². The van der Waals surface area contributed by atoms with Crippen LogP contribution in [0.4, 0.5) is 0 Å². The van der Waals surface area contributed by atoms with Crippen molar-refractivity contribution in [1.29, 1.82) is 0 Å². The Labute approximate surface area is 137 Å². The van der Waals surface area contributed by atoms with Crippen LogP contribution >= 0.6 is 0 Å². The molecule has 1 N–H and O–H groups in total. The fourth-order valence-electron chi connectivity index (χ4n) is 4.36. The SMILES string of the molecule is CCN(CC)CCNC1(c2ccccc2)CC(C)CC(C)C1. The second-order valence-corrected chi connectivity index (χ2v) is 7.26. The van der Waals surface area contributed by atoms with Crippen molar-refractivity contribution in [2.24, 2.45) is 11.8 Å². The maximum absolute atomic E-state index is 3.97. The number of hydrogen-bond acceptors (Lipinski definition) is 2. The Kier molecular flexibility index (Phi) is 6.46. The van der Waals surface area contributed by atoms with Gasteiger partial charge in [-0.25, -0.2) is 0 Å². The van der Waals surface area contributed by atoms with E-state index in [0.29, 0.717) is 0 Å². The largest absolute Gasteiger partial charge is 0.306 e. The molecule has 22 heavy (non-hydrogen) atoms. The zero-order chi connectivity index (χ0) is 16.0. The zero-order valence-corrected chi connectivity index (χ0v) is 14.9. The van der Waals surface area contributed by atoms with E-state index >= 15 is 0 Å². The highest BCUT2D eigenvalue weighted by Gasteiger charge is 2.38. The quantitative estimate of drug-likeness (QED) is 0.809. The first kappa shape index (κ1) is 17.5. The van der Waals surface area contributed by atoms with Gasteiger partial charge in [-0.1, -0.05) is 58.0 Å². The van der Waals surface area contributed by atoms with Crippen LogP contribution in [0.3, 0.4) is 0 Å². The number of likely N-dealkylation sites (N-methyl/N-ethyl adjacent to an activating group) is 1. The van der Waals surface area contributed by atoms with Crippen molar-refractivity contribution < 1.29 is 0 Å². The summed E-state index contributed by atoms with van der Waals surface area (Å²) >= 11 is 0. The monoisotopic (exact) mass is 302 g/mol. The van der Waals surface area contributed by atoms with E-state index in [1.165, 1.54) is 24.8 Å². The number of hydrogen-bond donors (Lipinski definition) is 1. The minimum Gasteiger partial charge on any atom is -0.306 e. The van der Waals surface area contributed by atoms with E-state index in [0.717, 1.165) is 38.0 Å². The first-order valence-corrected chi connectivity index (χ1v) is 9.12. The molecule has 1 aromatic carbocycles. The molecule has 0 amide bonds. The normalized spacial score (nSPS) is 29.0. The summed E-state index contributed by atoms with van der Waals surface area (Å²) in [5.74, 6) is 1.59. The van der Waals surface area contributed by atoms with Crippen molar-refractivity contribution in [1.82, 2.24) is 10.2 Å². The first-order valence-electron chi connectivity index (χ1n) is 9.12. The van der Waals surface area contributed by atoms with Crippen LogP contribution in [0.25, 0.3) is 0 Å². The molecule has 1 aliphatic rings. The molecule has 0 spiro atoms. The lowest BCUT2D eigenvalue weighted by Crippen LogP contribution is -2.49. The predicted octanol–water partition coefficient (Wildman–Crippen LogP) is 4.27. The number of nitrogens with one attached hydrogen (secondary N) is 1. The fourth-order valence-corrected chi connectivity index (χ4v) is 4.36. The van der Waals surface area contributed by atoms with Crippen LogP contribution in [0.15, 0.2) is 30.3 Å². The lowest BCUT2D eigenvalue weighted by molar-refractivity contribution is 0.138. The van der Waals surface area contributed by atoms with Crippen molar-refractivity contribution in [3.8, 4) is 0 Å². The third-order valence-corrected chi connectivity index (χ3v) is 5.31. The molecule has 0 bridgehead atoms. The Morgan fingerprint density at radius 1 is 1.05 bits per heavy atom. The second kappa shape index (κ2) is 8.12. The van der Waals surface area contributed by atoms with E-state index in [4.69, 9.17) is 0 Å². The molecule has 2 nitrogen and oxygen atoms in total. The van der Waals surface area contributed by atoms with Crippen LogP contribution in [0.5, 0.6) is 0 Å². The molecular weight excluding hydrogens is 268 g/mol. The van der Waals surface area contributed by atoms with E-state index in [9.17, 15) is 0 Å². The Hall–Kier alpha value is -0.860. The van der Waals surface area contributed by atoms with Crippen LogP contribution < -0.4 is 5.32 Å². The van der Waals surface area contributed by atoms with Gasteiger partial charge in [-0.3, -0.25) is 0 Å². The summed E-state index contributed by atoms with van der Waals surface area (Å²) in [5, 5.41) is 3.97. The average Bonchev–Trinajstić information content (AvgIpc) is 2.51.